The second-order valence-corrected chi connectivity index (χ2v) is 10.8. The Morgan fingerprint density at radius 3 is 1.95 bits per heavy atom. The summed E-state index contributed by atoms with van der Waals surface area (Å²) in [5, 5.41) is 3.22. The molecule has 0 aliphatic carbocycles. The molecule has 216 valence electrons. The highest BCUT2D eigenvalue weighted by atomic mass is 32.2. The summed E-state index contributed by atoms with van der Waals surface area (Å²) in [5.74, 6) is 0.890. The quantitative estimate of drug-likeness (QED) is 0.256. The number of hydrogen-bond acceptors (Lipinski definition) is 9. The molecule has 1 aliphatic rings. The molecule has 1 aliphatic heterocycles. The Labute approximate surface area is 230 Å². The molecule has 2 N–H and O–H groups in total. The molecule has 11 heteroatoms. The molecular weight excluding hydrogens is 526 g/mol. The Hall–Kier alpha value is -3.02. The van der Waals surface area contributed by atoms with E-state index in [1.165, 1.54) is 26.4 Å². The Morgan fingerprint density at radius 2 is 1.51 bits per heavy atom. The molecule has 0 bridgehead atoms. The topological polar surface area (TPSA) is 130 Å². The van der Waals surface area contributed by atoms with Gasteiger partial charge in [0.2, 0.25) is 5.75 Å². The number of ketones is 1. The molecule has 2 unspecified atom stereocenters. The molecule has 0 amide bonds. The van der Waals surface area contributed by atoms with Gasteiger partial charge in [-0.1, -0.05) is 13.0 Å². The van der Waals surface area contributed by atoms with E-state index >= 15 is 0 Å². The van der Waals surface area contributed by atoms with Gasteiger partial charge in [-0.25, -0.2) is 0 Å². The van der Waals surface area contributed by atoms with E-state index in [0.29, 0.717) is 36.0 Å². The number of carbonyl (C=O) groups excluding carboxylic acids is 1. The summed E-state index contributed by atoms with van der Waals surface area (Å²) in [4.78, 5) is 14.6. The first kappa shape index (κ1) is 30.5. The lowest BCUT2D eigenvalue weighted by Gasteiger charge is -2.45. The van der Waals surface area contributed by atoms with Gasteiger partial charge in [0.25, 0.3) is 10.1 Å². The monoisotopic (exact) mass is 565 g/mol. The molecule has 0 aromatic heterocycles. The minimum absolute atomic E-state index is 0.0246. The molecule has 3 rings (SSSR count). The summed E-state index contributed by atoms with van der Waals surface area (Å²) >= 11 is 0. The largest absolute Gasteiger partial charge is 0.493 e. The molecule has 39 heavy (non-hydrogen) atoms. The molecule has 10 nitrogen and oxygen atoms in total. The molecule has 1 saturated heterocycles. The molecule has 0 saturated carbocycles. The predicted molar refractivity (Wildman–Crippen MR) is 148 cm³/mol. The van der Waals surface area contributed by atoms with Crippen molar-refractivity contribution < 1.29 is 41.4 Å². The van der Waals surface area contributed by atoms with Crippen molar-refractivity contribution in [3.05, 3.63) is 41.5 Å². The van der Waals surface area contributed by atoms with Gasteiger partial charge in [0, 0.05) is 17.5 Å². The van der Waals surface area contributed by atoms with E-state index in [9.17, 15) is 17.8 Å². The third-order valence-electron chi connectivity index (χ3n) is 7.34. The highest BCUT2D eigenvalue weighted by Crippen LogP contribution is 2.51. The highest BCUT2D eigenvalue weighted by molar-refractivity contribution is 7.88. The molecule has 0 spiro atoms. The van der Waals surface area contributed by atoms with Gasteiger partial charge >= 0.3 is 0 Å². The van der Waals surface area contributed by atoms with E-state index in [0.717, 1.165) is 0 Å². The normalized spacial score (nSPS) is 18.7. The lowest BCUT2D eigenvalue weighted by molar-refractivity contribution is 0.0867. The van der Waals surface area contributed by atoms with Gasteiger partial charge in [0.15, 0.2) is 33.5 Å². The molecule has 2 aromatic rings. The summed E-state index contributed by atoms with van der Waals surface area (Å²) in [5.41, 5.74) is -0.780. The molecule has 2 aromatic carbocycles. The van der Waals surface area contributed by atoms with Crippen LogP contribution in [0.2, 0.25) is 0 Å². The first-order chi connectivity index (χ1) is 18.6. The zero-order chi connectivity index (χ0) is 28.8. The maximum absolute atomic E-state index is 14.6. The number of rotatable bonds is 14. The van der Waals surface area contributed by atoms with E-state index in [2.05, 4.69) is 5.32 Å². The first-order valence-corrected chi connectivity index (χ1v) is 14.6. The van der Waals surface area contributed by atoms with Gasteiger partial charge in [0.05, 0.1) is 34.0 Å². The smallest absolute Gasteiger partial charge is 0.279 e. The van der Waals surface area contributed by atoms with Crippen LogP contribution in [-0.4, -0.2) is 70.6 Å². The van der Waals surface area contributed by atoms with Crippen molar-refractivity contribution in [2.45, 2.75) is 50.7 Å². The van der Waals surface area contributed by atoms with Crippen LogP contribution in [0.4, 0.5) is 0 Å². The Bertz CT molecular complexity index is 1240. The van der Waals surface area contributed by atoms with Crippen LogP contribution in [0.25, 0.3) is 0 Å². The van der Waals surface area contributed by atoms with Crippen molar-refractivity contribution in [2.24, 2.45) is 0 Å². The van der Waals surface area contributed by atoms with Crippen LogP contribution in [0.15, 0.2) is 30.3 Å². The van der Waals surface area contributed by atoms with Crippen molar-refractivity contribution in [1.29, 1.82) is 0 Å². The van der Waals surface area contributed by atoms with E-state index in [1.54, 1.807) is 39.0 Å². The van der Waals surface area contributed by atoms with Crippen LogP contribution in [0.3, 0.4) is 0 Å². The van der Waals surface area contributed by atoms with Gasteiger partial charge in [-0.15, -0.1) is 0 Å². The minimum Gasteiger partial charge on any atom is -0.493 e. The lowest BCUT2D eigenvalue weighted by atomic mass is 9.65. The number of carbonyl (C=O) groups is 1. The Kier molecular flexibility index (Phi) is 9.74. The minimum atomic E-state index is -4.99. The SMILES string of the molecule is CCOc1cc(C(=O)C(CC)(C2(c3ccc(OC)c(OC)c3)CCNC2)S(=O)(=O)O)cc(OCC)c1OCC. The van der Waals surface area contributed by atoms with Gasteiger partial charge < -0.3 is 29.0 Å². The van der Waals surface area contributed by atoms with Crippen molar-refractivity contribution in [3.8, 4) is 28.7 Å². The average Bonchev–Trinajstić information content (AvgIpc) is 3.41. The van der Waals surface area contributed by atoms with Gasteiger partial charge in [-0.2, -0.15) is 8.42 Å². The van der Waals surface area contributed by atoms with E-state index in [-0.39, 0.29) is 49.7 Å². The summed E-state index contributed by atoms with van der Waals surface area (Å²) in [6.45, 7) is 8.43. The van der Waals surface area contributed by atoms with Crippen LogP contribution in [0.5, 0.6) is 28.7 Å². The van der Waals surface area contributed by atoms with Gasteiger partial charge in [-0.3, -0.25) is 9.35 Å². The van der Waals surface area contributed by atoms with Crippen LogP contribution in [0.1, 0.15) is 56.5 Å². The average molecular weight is 566 g/mol. The van der Waals surface area contributed by atoms with Gasteiger partial charge in [0.1, 0.15) is 0 Å². The highest BCUT2D eigenvalue weighted by Gasteiger charge is 2.65. The lowest BCUT2D eigenvalue weighted by Crippen LogP contribution is -2.62. The number of Topliss-reactive ketones (excluding diaryl/α,β-unsaturated/α-hetero) is 1. The van der Waals surface area contributed by atoms with E-state index in [4.69, 9.17) is 23.7 Å². The predicted octanol–water partition coefficient (Wildman–Crippen LogP) is 4.05. The standard InChI is InChI=1S/C28H39NO9S/c1-7-28(39(31,32)33,27(13-14-29-18-27)20-11-12-21(34-5)22(17-20)35-6)26(30)19-15-23(36-8-2)25(38-10-4)24(16-19)37-9-3/h11-12,15-17,29H,7-10,13-14,18H2,1-6H3,(H,31,32,33). The maximum atomic E-state index is 14.6. The fourth-order valence-corrected chi connectivity index (χ4v) is 7.17. The molecule has 1 heterocycles. The zero-order valence-electron chi connectivity index (χ0n) is 23.5. The van der Waals surface area contributed by atoms with Crippen LogP contribution in [0, 0.1) is 0 Å². The second kappa shape index (κ2) is 12.4. The fourth-order valence-electron chi connectivity index (χ4n) is 5.67. The Morgan fingerprint density at radius 1 is 0.923 bits per heavy atom. The van der Waals surface area contributed by atoms with E-state index < -0.39 is 26.1 Å². The summed E-state index contributed by atoms with van der Waals surface area (Å²) in [6.07, 6.45) is 0.0807. The number of ether oxygens (including phenoxy) is 5. The molecule has 1 fully saturated rings. The number of hydrogen-bond donors (Lipinski definition) is 2. The second-order valence-electron chi connectivity index (χ2n) is 9.16. The number of nitrogens with one attached hydrogen (secondary N) is 1. The maximum Gasteiger partial charge on any atom is 0.279 e. The molecular formula is C28H39NO9S. The van der Waals surface area contributed by atoms with Crippen molar-refractivity contribution in [2.75, 3.05) is 47.1 Å². The van der Waals surface area contributed by atoms with E-state index in [1.807, 2.05) is 6.92 Å². The van der Waals surface area contributed by atoms with Crippen molar-refractivity contribution in [1.82, 2.24) is 5.32 Å². The Balaban J connectivity index is 2.35. The molecule has 0 radical (unpaired) electrons. The van der Waals surface area contributed by atoms with Crippen molar-refractivity contribution in [3.63, 3.8) is 0 Å². The van der Waals surface area contributed by atoms with Crippen molar-refractivity contribution >= 4 is 15.9 Å². The summed E-state index contributed by atoms with van der Waals surface area (Å²) in [7, 11) is -2.02. The first-order valence-electron chi connectivity index (χ1n) is 13.1. The van der Waals surface area contributed by atoms with Crippen LogP contribution >= 0.6 is 0 Å². The molecule has 2 atom stereocenters. The summed E-state index contributed by atoms with van der Waals surface area (Å²) in [6, 6.07) is 7.97. The van der Waals surface area contributed by atoms with Gasteiger partial charge in [-0.05, 0) is 70.0 Å². The zero-order valence-corrected chi connectivity index (χ0v) is 24.3. The van der Waals surface area contributed by atoms with Crippen LogP contribution < -0.4 is 29.0 Å². The number of benzene rings is 2. The number of methoxy groups -OCH3 is 2. The van der Waals surface area contributed by atoms with Crippen LogP contribution in [-0.2, 0) is 15.5 Å². The fraction of sp³-hybridized carbons (Fsp3) is 0.536. The third-order valence-corrected chi connectivity index (χ3v) is 9.09. The third kappa shape index (κ3) is 5.27. The summed E-state index contributed by atoms with van der Waals surface area (Å²) < 4.78 is 63.9.